The summed E-state index contributed by atoms with van der Waals surface area (Å²) in [5.74, 6) is 2.28. The summed E-state index contributed by atoms with van der Waals surface area (Å²) in [5, 5.41) is 10.9. The van der Waals surface area contributed by atoms with E-state index in [4.69, 9.17) is 9.47 Å². The molecule has 2 aromatic carbocycles. The van der Waals surface area contributed by atoms with Gasteiger partial charge in [-0.05, 0) is 56.0 Å². The van der Waals surface area contributed by atoms with E-state index in [9.17, 15) is 5.11 Å². The van der Waals surface area contributed by atoms with Crippen molar-refractivity contribution < 1.29 is 14.6 Å². The van der Waals surface area contributed by atoms with E-state index >= 15 is 0 Å². The van der Waals surface area contributed by atoms with E-state index in [1.54, 1.807) is 20.3 Å². The topological polar surface area (TPSA) is 45.2 Å². The predicted octanol–water partition coefficient (Wildman–Crippen LogP) is 4.73. The molecule has 1 heterocycles. The van der Waals surface area contributed by atoms with E-state index in [1.165, 1.54) is 18.4 Å². The monoisotopic (exact) mass is 412 g/mol. The van der Waals surface area contributed by atoms with Crippen LogP contribution in [-0.2, 0) is 0 Å². The molecule has 3 rings (SSSR count). The number of rotatable bonds is 8. The lowest BCUT2D eigenvalue weighted by atomic mass is 9.86. The van der Waals surface area contributed by atoms with Crippen LogP contribution in [-0.4, -0.2) is 58.0 Å². The molecule has 2 aromatic rings. The molecule has 1 N–H and O–H groups in total. The number of hydrogen-bond donors (Lipinski definition) is 1. The molecule has 30 heavy (non-hydrogen) atoms. The summed E-state index contributed by atoms with van der Waals surface area (Å²) < 4.78 is 11.0. The molecule has 5 heteroatoms. The quantitative estimate of drug-likeness (QED) is 0.679. The Bertz CT molecular complexity index is 820. The third-order valence-electron chi connectivity index (χ3n) is 6.18. The molecular weight excluding hydrogens is 376 g/mol. The van der Waals surface area contributed by atoms with Crippen LogP contribution in [0.1, 0.15) is 43.2 Å². The summed E-state index contributed by atoms with van der Waals surface area (Å²) in [6.07, 6.45) is 3.50. The molecule has 0 aliphatic carbocycles. The van der Waals surface area contributed by atoms with Crippen LogP contribution < -0.4 is 14.4 Å². The van der Waals surface area contributed by atoms with Gasteiger partial charge >= 0.3 is 0 Å². The highest BCUT2D eigenvalue weighted by Gasteiger charge is 2.25. The first-order valence-electron chi connectivity index (χ1n) is 10.9. The van der Waals surface area contributed by atoms with Gasteiger partial charge in [0.2, 0.25) is 0 Å². The van der Waals surface area contributed by atoms with Gasteiger partial charge in [-0.1, -0.05) is 19.1 Å². The van der Waals surface area contributed by atoms with Crippen molar-refractivity contribution in [1.82, 2.24) is 4.90 Å². The number of methoxy groups -OCH3 is 2. The molecule has 1 aliphatic rings. The number of nitrogens with zero attached hydrogens (tertiary/aromatic N) is 2. The van der Waals surface area contributed by atoms with Crippen LogP contribution >= 0.6 is 0 Å². The van der Waals surface area contributed by atoms with Gasteiger partial charge in [-0.2, -0.15) is 0 Å². The lowest BCUT2D eigenvalue weighted by Gasteiger charge is -2.32. The van der Waals surface area contributed by atoms with Crippen LogP contribution in [0.3, 0.4) is 0 Å². The molecule has 0 spiro atoms. The van der Waals surface area contributed by atoms with Gasteiger partial charge < -0.3 is 24.4 Å². The maximum absolute atomic E-state index is 10.9. The van der Waals surface area contributed by atoms with Gasteiger partial charge in [-0.15, -0.1) is 0 Å². The summed E-state index contributed by atoms with van der Waals surface area (Å²) in [6.45, 7) is 5.64. The third-order valence-corrected chi connectivity index (χ3v) is 6.18. The zero-order chi connectivity index (χ0) is 21.7. The lowest BCUT2D eigenvalue weighted by Crippen LogP contribution is -2.35. The van der Waals surface area contributed by atoms with Crippen LogP contribution in [0.4, 0.5) is 5.69 Å². The van der Waals surface area contributed by atoms with Crippen molar-refractivity contribution in [3.05, 3.63) is 47.5 Å². The molecule has 0 saturated carbocycles. The fraction of sp³-hybridized carbons (Fsp3) is 0.520. The Kier molecular flexibility index (Phi) is 7.48. The minimum atomic E-state index is 0.0410. The number of ether oxygens (including phenoxy) is 2. The van der Waals surface area contributed by atoms with Crippen LogP contribution in [0, 0.1) is 5.92 Å². The molecule has 2 atom stereocenters. The van der Waals surface area contributed by atoms with Crippen LogP contribution in [0.5, 0.6) is 17.2 Å². The molecule has 0 aromatic heterocycles. The predicted molar refractivity (Wildman–Crippen MR) is 123 cm³/mol. The van der Waals surface area contributed by atoms with Crippen molar-refractivity contribution in [3.8, 4) is 17.2 Å². The number of piperidine rings is 1. The van der Waals surface area contributed by atoms with Gasteiger partial charge in [-0.25, -0.2) is 0 Å². The molecule has 0 amide bonds. The van der Waals surface area contributed by atoms with Crippen molar-refractivity contribution in [2.45, 2.75) is 32.1 Å². The SMILES string of the molecule is COc1cc(O)c([C@H](CCN2CCC[C@H](C)C2)c2ccc(N(C)C)cc2)c(OC)c1. The maximum atomic E-state index is 10.9. The van der Waals surface area contributed by atoms with Crippen LogP contribution in [0.2, 0.25) is 0 Å². The Hall–Kier alpha value is -2.40. The van der Waals surface area contributed by atoms with E-state index in [0.29, 0.717) is 11.5 Å². The minimum absolute atomic E-state index is 0.0410. The number of hydrogen-bond acceptors (Lipinski definition) is 5. The Morgan fingerprint density at radius 2 is 1.87 bits per heavy atom. The van der Waals surface area contributed by atoms with Crippen molar-refractivity contribution >= 4 is 5.69 Å². The van der Waals surface area contributed by atoms with Gasteiger partial charge in [-0.3, -0.25) is 0 Å². The van der Waals surface area contributed by atoms with Crippen molar-refractivity contribution in [2.75, 3.05) is 52.8 Å². The highest BCUT2D eigenvalue weighted by atomic mass is 16.5. The molecule has 1 fully saturated rings. The van der Waals surface area contributed by atoms with Crippen molar-refractivity contribution in [2.24, 2.45) is 5.92 Å². The maximum Gasteiger partial charge on any atom is 0.130 e. The van der Waals surface area contributed by atoms with E-state index in [1.807, 2.05) is 20.2 Å². The number of aromatic hydroxyl groups is 1. The first kappa shape index (κ1) is 22.3. The zero-order valence-corrected chi connectivity index (χ0v) is 19.0. The molecule has 5 nitrogen and oxygen atoms in total. The van der Waals surface area contributed by atoms with Gasteiger partial charge in [0.05, 0.1) is 14.2 Å². The van der Waals surface area contributed by atoms with Crippen molar-refractivity contribution in [3.63, 3.8) is 0 Å². The van der Waals surface area contributed by atoms with E-state index < -0.39 is 0 Å². The van der Waals surface area contributed by atoms with Gasteiger partial charge in [0, 0.05) is 49.9 Å². The summed E-state index contributed by atoms with van der Waals surface area (Å²) in [5.41, 5.74) is 3.18. The second-order valence-corrected chi connectivity index (χ2v) is 8.64. The smallest absolute Gasteiger partial charge is 0.130 e. The molecule has 1 saturated heterocycles. The number of phenols is 1. The number of phenolic OH excluding ortho intramolecular Hbond substituents is 1. The lowest BCUT2D eigenvalue weighted by molar-refractivity contribution is 0.180. The largest absolute Gasteiger partial charge is 0.507 e. The molecular formula is C25H36N2O3. The van der Waals surface area contributed by atoms with E-state index in [2.05, 4.69) is 41.0 Å². The molecule has 0 bridgehead atoms. The number of likely N-dealkylation sites (tertiary alicyclic amines) is 1. The van der Waals surface area contributed by atoms with Gasteiger partial charge in [0.25, 0.3) is 0 Å². The standard InChI is InChI=1S/C25H36N2O3/c1-18-7-6-13-27(17-18)14-12-22(19-8-10-20(11-9-19)26(2)3)25-23(28)15-21(29-4)16-24(25)30-5/h8-11,15-16,18,22,28H,6-7,12-14,17H2,1-5H3/t18-,22+/m0/s1. The Morgan fingerprint density at radius 3 is 2.47 bits per heavy atom. The minimum Gasteiger partial charge on any atom is -0.507 e. The Morgan fingerprint density at radius 1 is 1.13 bits per heavy atom. The molecule has 0 radical (unpaired) electrons. The van der Waals surface area contributed by atoms with Crippen LogP contribution in [0.15, 0.2) is 36.4 Å². The molecule has 1 aliphatic heterocycles. The Balaban J connectivity index is 1.95. The van der Waals surface area contributed by atoms with Crippen LogP contribution in [0.25, 0.3) is 0 Å². The highest BCUT2D eigenvalue weighted by molar-refractivity contribution is 5.56. The average Bonchev–Trinajstić information content (AvgIpc) is 2.74. The van der Waals surface area contributed by atoms with E-state index in [0.717, 1.165) is 43.2 Å². The number of benzene rings is 2. The summed E-state index contributed by atoms with van der Waals surface area (Å²) in [4.78, 5) is 4.65. The highest BCUT2D eigenvalue weighted by Crippen LogP contribution is 2.43. The van der Waals surface area contributed by atoms with Gasteiger partial charge in [0.15, 0.2) is 0 Å². The van der Waals surface area contributed by atoms with E-state index in [-0.39, 0.29) is 11.7 Å². The Labute approximate surface area is 181 Å². The zero-order valence-electron chi connectivity index (χ0n) is 19.0. The van der Waals surface area contributed by atoms with Gasteiger partial charge in [0.1, 0.15) is 17.2 Å². The second kappa shape index (κ2) is 10.1. The average molecular weight is 413 g/mol. The fourth-order valence-electron chi connectivity index (χ4n) is 4.51. The number of anilines is 1. The summed E-state index contributed by atoms with van der Waals surface area (Å²) in [6, 6.07) is 12.2. The molecule has 164 valence electrons. The third kappa shape index (κ3) is 5.20. The first-order valence-corrected chi connectivity index (χ1v) is 10.9. The fourth-order valence-corrected chi connectivity index (χ4v) is 4.51. The summed E-state index contributed by atoms with van der Waals surface area (Å²) in [7, 11) is 7.34. The first-order chi connectivity index (χ1) is 14.4. The van der Waals surface area contributed by atoms with Crippen molar-refractivity contribution in [1.29, 1.82) is 0 Å². The second-order valence-electron chi connectivity index (χ2n) is 8.64. The normalized spacial score (nSPS) is 18.1. The summed E-state index contributed by atoms with van der Waals surface area (Å²) >= 11 is 0. The molecule has 0 unspecified atom stereocenters.